The van der Waals surface area contributed by atoms with Crippen LogP contribution in [0.4, 0.5) is 3.89 Å². The summed E-state index contributed by atoms with van der Waals surface area (Å²) in [6.45, 7) is 6.45. The average molecular weight is 548 g/mol. The number of rotatable bonds is 8. The van der Waals surface area contributed by atoms with Crippen molar-refractivity contribution in [3.63, 3.8) is 0 Å². The highest BCUT2D eigenvalue weighted by atomic mass is 32.3. The third kappa shape index (κ3) is 4.93. The minimum absolute atomic E-state index is 0.0647. The summed E-state index contributed by atoms with van der Waals surface area (Å²) in [7, 11) is -5.21. The van der Waals surface area contributed by atoms with Crippen molar-refractivity contribution < 1.29 is 21.2 Å². The molecule has 0 atom stereocenters. The van der Waals surface area contributed by atoms with Crippen LogP contribution < -0.4 is 14.3 Å². The first-order chi connectivity index (χ1) is 18.6. The Morgan fingerprint density at radius 1 is 1.10 bits per heavy atom. The van der Waals surface area contributed by atoms with Gasteiger partial charge in [0.1, 0.15) is 17.1 Å². The zero-order valence-corrected chi connectivity index (χ0v) is 22.4. The lowest BCUT2D eigenvalue weighted by molar-refractivity contribution is 0.311. The van der Waals surface area contributed by atoms with E-state index in [0.29, 0.717) is 56.5 Å². The van der Waals surface area contributed by atoms with Gasteiger partial charge in [-0.1, -0.05) is 35.4 Å². The van der Waals surface area contributed by atoms with Crippen LogP contribution >= 0.6 is 0 Å². The van der Waals surface area contributed by atoms with E-state index in [2.05, 4.69) is 15.2 Å². The molecule has 39 heavy (non-hydrogen) atoms. The molecular weight excluding hydrogens is 521 g/mol. The number of fused-ring (bicyclic) bond motifs is 4. The lowest BCUT2D eigenvalue weighted by Crippen LogP contribution is -2.13. The van der Waals surface area contributed by atoms with E-state index in [1.807, 2.05) is 31.4 Å². The predicted octanol–water partition coefficient (Wildman–Crippen LogP) is 6.53. The molecule has 0 saturated heterocycles. The van der Waals surface area contributed by atoms with Gasteiger partial charge in [-0.3, -0.25) is 4.79 Å². The molecule has 0 aliphatic heterocycles. The first kappa shape index (κ1) is 26.3. The van der Waals surface area contributed by atoms with Crippen LogP contribution in [-0.2, 0) is 10.5 Å². The Kier molecular flexibility index (Phi) is 6.78. The van der Waals surface area contributed by atoms with E-state index in [1.165, 1.54) is 12.1 Å². The number of benzene rings is 3. The SMILES string of the molecule is CCCCOc1cc2c(=O)c3c4ccc(C#N)cc4[nH]c3n(C(C)C)c2cc1-c1cccc(OS(=O)(=O)F)c1. The van der Waals surface area contributed by atoms with E-state index < -0.39 is 10.5 Å². The van der Waals surface area contributed by atoms with Crippen molar-refractivity contribution >= 4 is 43.3 Å². The minimum Gasteiger partial charge on any atom is -0.493 e. The molecule has 0 unspecified atom stereocenters. The molecule has 10 heteroatoms. The van der Waals surface area contributed by atoms with Crippen molar-refractivity contribution in [2.24, 2.45) is 0 Å². The second kappa shape index (κ2) is 10.1. The summed E-state index contributed by atoms with van der Waals surface area (Å²) in [5.41, 5.74) is 3.37. The van der Waals surface area contributed by atoms with Gasteiger partial charge in [0.05, 0.1) is 34.5 Å². The van der Waals surface area contributed by atoms with Gasteiger partial charge in [0.2, 0.25) is 0 Å². The van der Waals surface area contributed by atoms with Gasteiger partial charge in [0.15, 0.2) is 5.43 Å². The lowest BCUT2D eigenvalue weighted by Gasteiger charge is -2.20. The predicted molar refractivity (Wildman–Crippen MR) is 149 cm³/mol. The molecule has 0 bridgehead atoms. The van der Waals surface area contributed by atoms with Gasteiger partial charge >= 0.3 is 10.5 Å². The van der Waals surface area contributed by atoms with Crippen molar-refractivity contribution in [1.29, 1.82) is 5.26 Å². The van der Waals surface area contributed by atoms with Crippen LogP contribution in [0.1, 0.15) is 45.2 Å². The van der Waals surface area contributed by atoms with Crippen molar-refractivity contribution in [3.05, 3.63) is 70.4 Å². The summed E-state index contributed by atoms with van der Waals surface area (Å²) in [6, 6.07) is 16.8. The van der Waals surface area contributed by atoms with Crippen LogP contribution in [0.15, 0.2) is 59.4 Å². The molecule has 1 N–H and O–H groups in total. The van der Waals surface area contributed by atoms with Crippen LogP contribution in [0.2, 0.25) is 0 Å². The Morgan fingerprint density at radius 3 is 2.59 bits per heavy atom. The zero-order valence-electron chi connectivity index (χ0n) is 21.6. The number of H-pyrrole nitrogens is 1. The highest BCUT2D eigenvalue weighted by Crippen LogP contribution is 2.38. The number of nitriles is 1. The third-order valence-electron chi connectivity index (χ3n) is 6.59. The number of aromatic amines is 1. The fourth-order valence-electron chi connectivity index (χ4n) is 4.91. The van der Waals surface area contributed by atoms with E-state index in [4.69, 9.17) is 4.74 Å². The largest absolute Gasteiger partial charge is 0.493 e. The number of nitrogens with zero attached hydrogens (tertiary/aromatic N) is 2. The number of unbranched alkanes of at least 4 members (excludes halogenated alkanes) is 1. The molecule has 0 amide bonds. The Bertz CT molecular complexity index is 1950. The Labute approximate surface area is 224 Å². The van der Waals surface area contributed by atoms with Crippen LogP contribution in [-0.4, -0.2) is 24.6 Å². The molecule has 0 saturated carbocycles. The van der Waals surface area contributed by atoms with Crippen LogP contribution in [0, 0.1) is 11.3 Å². The molecule has 3 aromatic carbocycles. The highest BCUT2D eigenvalue weighted by Gasteiger charge is 2.21. The second-order valence-corrected chi connectivity index (χ2v) is 10.5. The molecule has 200 valence electrons. The quantitative estimate of drug-likeness (QED) is 0.175. The number of aromatic nitrogens is 2. The maximum Gasteiger partial charge on any atom is 0.488 e. The minimum atomic E-state index is -5.21. The van der Waals surface area contributed by atoms with E-state index in [0.717, 1.165) is 18.2 Å². The summed E-state index contributed by atoms with van der Waals surface area (Å²) in [6.07, 6.45) is 1.70. The van der Waals surface area contributed by atoms with E-state index in [9.17, 15) is 22.4 Å². The third-order valence-corrected chi connectivity index (χ3v) is 6.98. The monoisotopic (exact) mass is 547 g/mol. The fraction of sp³-hybridized carbons (Fsp3) is 0.241. The molecule has 8 nitrogen and oxygen atoms in total. The summed E-state index contributed by atoms with van der Waals surface area (Å²) >= 11 is 0. The molecule has 5 aromatic rings. The molecular formula is C29H26FN3O5S. The molecule has 2 heterocycles. The smallest absolute Gasteiger partial charge is 0.488 e. The first-order valence-corrected chi connectivity index (χ1v) is 13.9. The van der Waals surface area contributed by atoms with Gasteiger partial charge < -0.3 is 18.5 Å². The number of nitrogens with one attached hydrogen (secondary N) is 1. The first-order valence-electron chi connectivity index (χ1n) is 12.6. The molecule has 0 aliphatic carbocycles. The maximum atomic E-state index is 14.0. The van der Waals surface area contributed by atoms with E-state index in [-0.39, 0.29) is 17.2 Å². The van der Waals surface area contributed by atoms with Crippen molar-refractivity contribution in [1.82, 2.24) is 9.55 Å². The summed E-state index contributed by atoms with van der Waals surface area (Å²) in [5, 5.41) is 11.1. The van der Waals surface area contributed by atoms with Crippen molar-refractivity contribution in [2.75, 3.05) is 6.61 Å². The maximum absolute atomic E-state index is 14.0. The van der Waals surface area contributed by atoms with Gasteiger partial charge in [-0.15, -0.1) is 0 Å². The Hall–Kier alpha value is -4.36. The van der Waals surface area contributed by atoms with Crippen LogP contribution in [0.5, 0.6) is 11.5 Å². The number of ether oxygens (including phenoxy) is 1. The van der Waals surface area contributed by atoms with Crippen LogP contribution in [0.25, 0.3) is 44.0 Å². The van der Waals surface area contributed by atoms with Gasteiger partial charge in [-0.2, -0.15) is 13.7 Å². The lowest BCUT2D eigenvalue weighted by atomic mass is 10.00. The van der Waals surface area contributed by atoms with Gasteiger partial charge in [0.25, 0.3) is 0 Å². The number of hydrogen-bond acceptors (Lipinski definition) is 6. The summed E-state index contributed by atoms with van der Waals surface area (Å²) < 4.78 is 48.0. The van der Waals surface area contributed by atoms with Gasteiger partial charge in [0, 0.05) is 22.5 Å². The van der Waals surface area contributed by atoms with Gasteiger partial charge in [-0.05, 0) is 62.2 Å². The summed E-state index contributed by atoms with van der Waals surface area (Å²) in [4.78, 5) is 17.3. The van der Waals surface area contributed by atoms with E-state index in [1.54, 1.807) is 36.4 Å². The molecule has 0 spiro atoms. The van der Waals surface area contributed by atoms with Crippen molar-refractivity contribution in [2.45, 2.75) is 39.7 Å². The highest BCUT2D eigenvalue weighted by molar-refractivity contribution is 7.81. The molecule has 0 aliphatic rings. The molecule has 0 radical (unpaired) electrons. The van der Waals surface area contributed by atoms with E-state index >= 15 is 0 Å². The summed E-state index contributed by atoms with van der Waals surface area (Å²) in [5.74, 6) is 0.254. The number of pyridine rings is 1. The zero-order chi connectivity index (χ0) is 27.9. The van der Waals surface area contributed by atoms with Crippen LogP contribution in [0.3, 0.4) is 0 Å². The molecule has 0 fully saturated rings. The second-order valence-electron chi connectivity index (χ2n) is 9.59. The normalized spacial score (nSPS) is 11.9. The Balaban J connectivity index is 1.85. The fourth-order valence-corrected chi connectivity index (χ4v) is 5.24. The topological polar surface area (TPSA) is 114 Å². The van der Waals surface area contributed by atoms with Crippen molar-refractivity contribution in [3.8, 4) is 28.7 Å². The van der Waals surface area contributed by atoms with Gasteiger partial charge in [-0.25, -0.2) is 0 Å². The average Bonchev–Trinajstić information content (AvgIpc) is 3.26. The Morgan fingerprint density at radius 2 is 1.90 bits per heavy atom. The standard InChI is InChI=1S/C29H26FN3O5S/c1-4-5-11-37-26-15-23-25(14-22(26)19-7-6-8-20(13-19)38-39(30,35)36)33(17(2)3)29-27(28(23)34)21-10-9-18(16-31)12-24(21)32-29/h6-10,12-15,17,32H,4-5,11H2,1-3H3. The number of halogens is 1. The molecule has 2 aromatic heterocycles. The number of hydrogen-bond donors (Lipinski definition) is 1. The molecule has 5 rings (SSSR count).